The van der Waals surface area contributed by atoms with Crippen LogP contribution in [-0.2, 0) is 0 Å². The molecule has 1 aromatic heterocycles. The highest BCUT2D eigenvalue weighted by molar-refractivity contribution is 5.64. The zero-order valence-corrected chi connectivity index (χ0v) is 10.3. The van der Waals surface area contributed by atoms with Gasteiger partial charge in [0, 0.05) is 13.1 Å². The van der Waals surface area contributed by atoms with Crippen LogP contribution < -0.4 is 20.9 Å². The topological polar surface area (TPSA) is 76.3 Å². The zero-order chi connectivity index (χ0) is 12.3. The third-order valence-electron chi connectivity index (χ3n) is 3.08. The van der Waals surface area contributed by atoms with Crippen molar-refractivity contribution in [2.75, 3.05) is 30.5 Å². The van der Waals surface area contributed by atoms with E-state index in [0.717, 1.165) is 18.9 Å². The standard InChI is InChI=1S/C11H19N5O/c1-8-4-3-5-16(6-8)11-9(17-2)10(15-12)13-7-14-11/h7-8H,3-6,12H2,1-2H3,(H,13,14,15). The molecule has 1 atom stereocenters. The van der Waals surface area contributed by atoms with Gasteiger partial charge in [0.25, 0.3) is 0 Å². The average Bonchev–Trinajstić information content (AvgIpc) is 2.37. The van der Waals surface area contributed by atoms with E-state index >= 15 is 0 Å². The summed E-state index contributed by atoms with van der Waals surface area (Å²) in [5.41, 5.74) is 2.53. The van der Waals surface area contributed by atoms with Gasteiger partial charge in [-0.15, -0.1) is 0 Å². The number of hydrogen-bond donors (Lipinski definition) is 2. The molecule has 0 radical (unpaired) electrons. The zero-order valence-electron chi connectivity index (χ0n) is 10.3. The van der Waals surface area contributed by atoms with Gasteiger partial charge < -0.3 is 15.1 Å². The second-order valence-corrected chi connectivity index (χ2v) is 4.42. The first kappa shape index (κ1) is 11.9. The van der Waals surface area contributed by atoms with Gasteiger partial charge in [-0.05, 0) is 18.8 Å². The summed E-state index contributed by atoms with van der Waals surface area (Å²) >= 11 is 0. The second-order valence-electron chi connectivity index (χ2n) is 4.42. The minimum atomic E-state index is 0.524. The van der Waals surface area contributed by atoms with E-state index in [4.69, 9.17) is 10.6 Å². The molecule has 0 amide bonds. The molecule has 6 heteroatoms. The van der Waals surface area contributed by atoms with Crippen LogP contribution in [0.5, 0.6) is 5.75 Å². The Morgan fingerprint density at radius 3 is 3.00 bits per heavy atom. The van der Waals surface area contributed by atoms with E-state index in [9.17, 15) is 0 Å². The molecule has 0 aromatic carbocycles. The number of nitrogen functional groups attached to an aromatic ring is 1. The quantitative estimate of drug-likeness (QED) is 0.603. The maximum Gasteiger partial charge on any atom is 0.205 e. The Labute approximate surface area is 101 Å². The molecule has 2 rings (SSSR count). The van der Waals surface area contributed by atoms with E-state index in [2.05, 4.69) is 27.2 Å². The summed E-state index contributed by atoms with van der Waals surface area (Å²) in [6, 6.07) is 0. The summed E-state index contributed by atoms with van der Waals surface area (Å²) in [6.07, 6.45) is 3.96. The fourth-order valence-electron chi connectivity index (χ4n) is 2.26. The third kappa shape index (κ3) is 2.41. The molecule has 2 heterocycles. The fraction of sp³-hybridized carbons (Fsp3) is 0.636. The summed E-state index contributed by atoms with van der Waals surface area (Å²) < 4.78 is 5.35. The summed E-state index contributed by atoms with van der Waals surface area (Å²) in [5.74, 6) is 8.05. The molecule has 1 aliphatic heterocycles. The number of aromatic nitrogens is 2. The van der Waals surface area contributed by atoms with Gasteiger partial charge in [0.15, 0.2) is 11.6 Å². The molecule has 1 aliphatic rings. The van der Waals surface area contributed by atoms with E-state index in [1.807, 2.05) is 0 Å². The highest BCUT2D eigenvalue weighted by Gasteiger charge is 2.22. The summed E-state index contributed by atoms with van der Waals surface area (Å²) in [4.78, 5) is 10.6. The number of hydrazine groups is 1. The maximum absolute atomic E-state index is 5.41. The molecule has 3 N–H and O–H groups in total. The van der Waals surface area contributed by atoms with Crippen molar-refractivity contribution in [3.8, 4) is 5.75 Å². The lowest BCUT2D eigenvalue weighted by atomic mass is 10.0. The monoisotopic (exact) mass is 237 g/mol. The van der Waals surface area contributed by atoms with Gasteiger partial charge >= 0.3 is 0 Å². The summed E-state index contributed by atoms with van der Waals surface area (Å²) in [6.45, 7) is 4.25. The SMILES string of the molecule is COc1c(NN)ncnc1N1CCCC(C)C1. The molecule has 6 nitrogen and oxygen atoms in total. The molecule has 1 unspecified atom stereocenters. The number of ether oxygens (including phenoxy) is 1. The van der Waals surface area contributed by atoms with E-state index in [0.29, 0.717) is 17.5 Å². The third-order valence-corrected chi connectivity index (χ3v) is 3.08. The number of nitrogens with two attached hydrogens (primary N) is 1. The lowest BCUT2D eigenvalue weighted by molar-refractivity contribution is 0.401. The van der Waals surface area contributed by atoms with Crippen LogP contribution in [0.15, 0.2) is 6.33 Å². The van der Waals surface area contributed by atoms with Crippen LogP contribution in [0, 0.1) is 5.92 Å². The number of methoxy groups -OCH3 is 1. The van der Waals surface area contributed by atoms with E-state index in [1.165, 1.54) is 19.2 Å². The second kappa shape index (κ2) is 5.18. The van der Waals surface area contributed by atoms with Crippen molar-refractivity contribution in [3.63, 3.8) is 0 Å². The van der Waals surface area contributed by atoms with Crippen LogP contribution in [0.1, 0.15) is 19.8 Å². The predicted octanol–water partition coefficient (Wildman–Crippen LogP) is 1.01. The smallest absolute Gasteiger partial charge is 0.205 e. The minimum absolute atomic E-state index is 0.524. The van der Waals surface area contributed by atoms with Gasteiger partial charge in [0.05, 0.1) is 7.11 Å². The van der Waals surface area contributed by atoms with Crippen molar-refractivity contribution < 1.29 is 4.74 Å². The maximum atomic E-state index is 5.41. The molecule has 0 spiro atoms. The van der Waals surface area contributed by atoms with Crippen molar-refractivity contribution in [1.29, 1.82) is 0 Å². The molecule has 1 fully saturated rings. The normalized spacial score (nSPS) is 20.2. The Morgan fingerprint density at radius 2 is 2.35 bits per heavy atom. The van der Waals surface area contributed by atoms with Gasteiger partial charge in [-0.1, -0.05) is 6.92 Å². The Balaban J connectivity index is 2.30. The van der Waals surface area contributed by atoms with E-state index < -0.39 is 0 Å². The minimum Gasteiger partial charge on any atom is -0.490 e. The van der Waals surface area contributed by atoms with Gasteiger partial charge in [-0.3, -0.25) is 0 Å². The predicted molar refractivity (Wildman–Crippen MR) is 67.0 cm³/mol. The Bertz CT molecular complexity index is 384. The molecule has 94 valence electrons. The first-order chi connectivity index (χ1) is 8.26. The van der Waals surface area contributed by atoms with E-state index in [-0.39, 0.29) is 0 Å². The number of hydrogen-bond acceptors (Lipinski definition) is 6. The van der Waals surface area contributed by atoms with Crippen molar-refractivity contribution >= 4 is 11.6 Å². The molecule has 1 aromatic rings. The molecule has 0 aliphatic carbocycles. The molecule has 0 bridgehead atoms. The highest BCUT2D eigenvalue weighted by atomic mass is 16.5. The van der Waals surface area contributed by atoms with Crippen LogP contribution in [0.3, 0.4) is 0 Å². The van der Waals surface area contributed by atoms with Crippen molar-refractivity contribution in [3.05, 3.63) is 6.33 Å². The summed E-state index contributed by atoms with van der Waals surface area (Å²) in [5, 5.41) is 0. The number of piperidine rings is 1. The number of anilines is 2. The summed E-state index contributed by atoms with van der Waals surface area (Å²) in [7, 11) is 1.61. The fourth-order valence-corrected chi connectivity index (χ4v) is 2.26. The first-order valence-corrected chi connectivity index (χ1v) is 5.86. The van der Waals surface area contributed by atoms with Crippen LogP contribution in [0.2, 0.25) is 0 Å². The largest absolute Gasteiger partial charge is 0.490 e. The molecular formula is C11H19N5O. The van der Waals surface area contributed by atoms with Crippen LogP contribution in [-0.4, -0.2) is 30.2 Å². The average molecular weight is 237 g/mol. The Kier molecular flexibility index (Phi) is 3.63. The van der Waals surface area contributed by atoms with Gasteiger partial charge in [0.2, 0.25) is 5.75 Å². The van der Waals surface area contributed by atoms with Crippen molar-refractivity contribution in [2.24, 2.45) is 11.8 Å². The lowest BCUT2D eigenvalue weighted by Gasteiger charge is -2.32. The first-order valence-electron chi connectivity index (χ1n) is 5.86. The van der Waals surface area contributed by atoms with Crippen LogP contribution >= 0.6 is 0 Å². The molecular weight excluding hydrogens is 218 g/mol. The lowest BCUT2D eigenvalue weighted by Crippen LogP contribution is -2.35. The Morgan fingerprint density at radius 1 is 1.53 bits per heavy atom. The van der Waals surface area contributed by atoms with Crippen molar-refractivity contribution in [1.82, 2.24) is 9.97 Å². The van der Waals surface area contributed by atoms with Crippen LogP contribution in [0.25, 0.3) is 0 Å². The van der Waals surface area contributed by atoms with E-state index in [1.54, 1.807) is 7.11 Å². The highest BCUT2D eigenvalue weighted by Crippen LogP contribution is 2.33. The van der Waals surface area contributed by atoms with Gasteiger partial charge in [0.1, 0.15) is 6.33 Å². The van der Waals surface area contributed by atoms with Gasteiger partial charge in [-0.2, -0.15) is 0 Å². The van der Waals surface area contributed by atoms with Gasteiger partial charge in [-0.25, -0.2) is 15.8 Å². The molecule has 1 saturated heterocycles. The number of rotatable bonds is 3. The number of nitrogens with one attached hydrogen (secondary N) is 1. The molecule has 0 saturated carbocycles. The number of nitrogens with zero attached hydrogens (tertiary/aromatic N) is 3. The molecule has 17 heavy (non-hydrogen) atoms. The van der Waals surface area contributed by atoms with Crippen LogP contribution in [0.4, 0.5) is 11.6 Å². The Hall–Kier alpha value is -1.56. The van der Waals surface area contributed by atoms with Crippen molar-refractivity contribution in [2.45, 2.75) is 19.8 Å².